The number of ether oxygens (including phenoxy) is 1. The number of nitrogens with zero attached hydrogens (tertiary/aromatic N) is 1. The number of aromatic nitrogens is 1. The molecule has 0 spiro atoms. The first kappa shape index (κ1) is 13.0. The van der Waals surface area contributed by atoms with Gasteiger partial charge in [0, 0.05) is 5.88 Å². The summed E-state index contributed by atoms with van der Waals surface area (Å²) >= 11 is 5.31. The lowest BCUT2D eigenvalue weighted by molar-refractivity contribution is 0.0519. The Labute approximate surface area is 97.5 Å². The van der Waals surface area contributed by atoms with Crippen molar-refractivity contribution in [1.82, 2.24) is 4.98 Å². The molecule has 16 heavy (non-hydrogen) atoms. The van der Waals surface area contributed by atoms with Crippen LogP contribution in [0.4, 0.5) is 0 Å². The van der Waals surface area contributed by atoms with Crippen LogP contribution in [0.25, 0.3) is 0 Å². The fraction of sp³-hybridized carbons (Fsp3) is 0.500. The normalized spacial score (nSPS) is 11.4. The Morgan fingerprint density at radius 2 is 2.31 bits per heavy atom. The summed E-state index contributed by atoms with van der Waals surface area (Å²) < 4.78 is 32.2. The van der Waals surface area contributed by atoms with Crippen molar-refractivity contribution in [2.45, 2.75) is 12.1 Å². The van der Waals surface area contributed by atoms with Crippen molar-refractivity contribution >= 4 is 27.4 Å². The summed E-state index contributed by atoms with van der Waals surface area (Å²) in [6.07, 6.45) is 0.944. The second-order valence-electron chi connectivity index (χ2n) is 2.73. The minimum absolute atomic E-state index is 0.0700. The van der Waals surface area contributed by atoms with Gasteiger partial charge in [-0.25, -0.2) is 13.2 Å². The molecule has 0 unspecified atom stereocenters. The maximum Gasteiger partial charge on any atom is 0.360 e. The van der Waals surface area contributed by atoms with Crippen molar-refractivity contribution in [1.29, 1.82) is 0 Å². The highest BCUT2D eigenvalue weighted by Crippen LogP contribution is 2.11. The zero-order valence-corrected chi connectivity index (χ0v) is 10.0. The first-order valence-electron chi connectivity index (χ1n) is 4.42. The van der Waals surface area contributed by atoms with Gasteiger partial charge in [-0.3, -0.25) is 0 Å². The second-order valence-corrected chi connectivity index (χ2v) is 5.09. The van der Waals surface area contributed by atoms with Gasteiger partial charge in [0.1, 0.15) is 6.26 Å². The largest absolute Gasteiger partial charge is 0.461 e. The number of halogens is 1. The summed E-state index contributed by atoms with van der Waals surface area (Å²) in [6, 6.07) is 0. The Bertz CT molecular complexity index is 467. The van der Waals surface area contributed by atoms with Gasteiger partial charge in [-0.1, -0.05) is 0 Å². The predicted octanol–water partition coefficient (Wildman–Crippen LogP) is 0.864. The molecular formula is C8H10ClNO5S. The standard InChI is InChI=1S/C8H10ClNO5S/c1-2-14-7(11)6-5-15-8(10-6)16(12,13)4-3-9/h5H,2-4H2,1H3. The molecule has 0 amide bonds. The molecule has 0 aromatic carbocycles. The molecule has 6 nitrogen and oxygen atoms in total. The summed E-state index contributed by atoms with van der Waals surface area (Å²) in [6.45, 7) is 1.80. The SMILES string of the molecule is CCOC(=O)c1coc(S(=O)(=O)CCCl)n1. The molecule has 0 bridgehead atoms. The molecule has 0 atom stereocenters. The number of esters is 1. The van der Waals surface area contributed by atoms with Crippen LogP contribution in [0.3, 0.4) is 0 Å². The van der Waals surface area contributed by atoms with E-state index in [1.54, 1.807) is 6.92 Å². The van der Waals surface area contributed by atoms with Crippen LogP contribution in [0.5, 0.6) is 0 Å². The van der Waals surface area contributed by atoms with E-state index in [4.69, 9.17) is 16.0 Å². The van der Waals surface area contributed by atoms with Gasteiger partial charge in [-0.2, -0.15) is 4.98 Å². The van der Waals surface area contributed by atoms with Crippen LogP contribution >= 0.6 is 11.6 Å². The van der Waals surface area contributed by atoms with Crippen LogP contribution < -0.4 is 0 Å². The molecule has 0 saturated heterocycles. The van der Waals surface area contributed by atoms with Gasteiger partial charge < -0.3 is 9.15 Å². The fourth-order valence-electron chi connectivity index (χ4n) is 0.888. The van der Waals surface area contributed by atoms with E-state index in [0.717, 1.165) is 6.26 Å². The van der Waals surface area contributed by atoms with E-state index in [0.29, 0.717) is 0 Å². The maximum atomic E-state index is 11.4. The van der Waals surface area contributed by atoms with Crippen LogP contribution in [0, 0.1) is 0 Å². The van der Waals surface area contributed by atoms with E-state index >= 15 is 0 Å². The van der Waals surface area contributed by atoms with Crippen molar-refractivity contribution in [3.8, 4) is 0 Å². The predicted molar refractivity (Wildman–Crippen MR) is 55.2 cm³/mol. The molecule has 8 heteroatoms. The van der Waals surface area contributed by atoms with Crippen molar-refractivity contribution in [3.05, 3.63) is 12.0 Å². The number of carbonyl (C=O) groups excluding carboxylic acids is 1. The lowest BCUT2D eigenvalue weighted by Gasteiger charge is -1.95. The van der Waals surface area contributed by atoms with E-state index < -0.39 is 21.0 Å². The quantitative estimate of drug-likeness (QED) is 0.581. The second kappa shape index (κ2) is 5.31. The molecule has 0 fully saturated rings. The molecular weight excluding hydrogens is 258 g/mol. The molecule has 0 aliphatic carbocycles. The number of hydrogen-bond donors (Lipinski definition) is 0. The van der Waals surface area contributed by atoms with Crippen LogP contribution in [0.2, 0.25) is 0 Å². The number of alkyl halides is 1. The van der Waals surface area contributed by atoms with Gasteiger partial charge in [0.25, 0.3) is 0 Å². The Morgan fingerprint density at radius 3 is 2.88 bits per heavy atom. The Kier molecular flexibility index (Phi) is 4.31. The Morgan fingerprint density at radius 1 is 1.62 bits per heavy atom. The summed E-state index contributed by atoms with van der Waals surface area (Å²) in [5.74, 6) is -1.09. The van der Waals surface area contributed by atoms with Crippen molar-refractivity contribution in [3.63, 3.8) is 0 Å². The Hall–Kier alpha value is -1.08. The average Bonchev–Trinajstić information content (AvgIpc) is 2.67. The van der Waals surface area contributed by atoms with Crippen LogP contribution in [-0.2, 0) is 14.6 Å². The minimum Gasteiger partial charge on any atom is -0.461 e. The highest BCUT2D eigenvalue weighted by molar-refractivity contribution is 7.91. The first-order chi connectivity index (χ1) is 7.51. The van der Waals surface area contributed by atoms with Crippen LogP contribution in [0.15, 0.2) is 15.9 Å². The molecule has 0 aliphatic rings. The van der Waals surface area contributed by atoms with Gasteiger partial charge in [0.15, 0.2) is 5.69 Å². The van der Waals surface area contributed by atoms with Gasteiger partial charge >= 0.3 is 11.2 Å². The smallest absolute Gasteiger partial charge is 0.360 e. The number of oxazole rings is 1. The summed E-state index contributed by atoms with van der Waals surface area (Å²) in [7, 11) is -3.66. The van der Waals surface area contributed by atoms with E-state index in [1.165, 1.54) is 0 Å². The van der Waals surface area contributed by atoms with Gasteiger partial charge in [-0.05, 0) is 6.92 Å². The Balaban J connectivity index is 2.91. The minimum atomic E-state index is -3.66. The maximum absolute atomic E-state index is 11.4. The number of rotatable bonds is 5. The van der Waals surface area contributed by atoms with Crippen LogP contribution in [0.1, 0.15) is 17.4 Å². The van der Waals surface area contributed by atoms with Gasteiger partial charge in [0.2, 0.25) is 9.84 Å². The molecule has 1 heterocycles. The lowest BCUT2D eigenvalue weighted by atomic mass is 10.5. The third kappa shape index (κ3) is 2.96. The molecule has 0 radical (unpaired) electrons. The molecule has 0 aliphatic heterocycles. The summed E-state index contributed by atoms with van der Waals surface area (Å²) in [5, 5.41) is -0.517. The summed E-state index contributed by atoms with van der Waals surface area (Å²) in [4.78, 5) is 14.7. The third-order valence-corrected chi connectivity index (χ3v) is 3.45. The number of hydrogen-bond acceptors (Lipinski definition) is 6. The third-order valence-electron chi connectivity index (χ3n) is 1.58. The van der Waals surface area contributed by atoms with Crippen molar-refractivity contribution in [2.75, 3.05) is 18.2 Å². The first-order valence-corrected chi connectivity index (χ1v) is 6.61. The zero-order valence-electron chi connectivity index (χ0n) is 8.47. The van der Waals surface area contributed by atoms with Crippen molar-refractivity contribution in [2.24, 2.45) is 0 Å². The highest BCUT2D eigenvalue weighted by Gasteiger charge is 2.23. The fourth-order valence-corrected chi connectivity index (χ4v) is 2.31. The topological polar surface area (TPSA) is 86.5 Å². The van der Waals surface area contributed by atoms with Crippen molar-refractivity contribution < 1.29 is 22.4 Å². The zero-order chi connectivity index (χ0) is 12.2. The van der Waals surface area contributed by atoms with E-state index in [2.05, 4.69) is 9.72 Å². The monoisotopic (exact) mass is 267 g/mol. The average molecular weight is 268 g/mol. The van der Waals surface area contributed by atoms with E-state index in [9.17, 15) is 13.2 Å². The highest BCUT2D eigenvalue weighted by atomic mass is 35.5. The lowest BCUT2D eigenvalue weighted by Crippen LogP contribution is -2.10. The molecule has 90 valence electrons. The van der Waals surface area contributed by atoms with Gasteiger partial charge in [-0.15, -0.1) is 11.6 Å². The molecule has 0 N–H and O–H groups in total. The summed E-state index contributed by atoms with van der Waals surface area (Å²) in [5.41, 5.74) is -0.171. The molecule has 1 aromatic rings. The van der Waals surface area contributed by atoms with E-state index in [1.807, 2.05) is 0 Å². The van der Waals surface area contributed by atoms with Gasteiger partial charge in [0.05, 0.1) is 12.4 Å². The number of sulfone groups is 1. The molecule has 1 rings (SSSR count). The number of carbonyl (C=O) groups is 1. The molecule has 0 saturated carbocycles. The van der Waals surface area contributed by atoms with E-state index in [-0.39, 0.29) is 23.9 Å². The molecule has 1 aromatic heterocycles. The van der Waals surface area contributed by atoms with Crippen LogP contribution in [-0.4, -0.2) is 37.6 Å².